The first-order chi connectivity index (χ1) is 15.1. The van der Waals surface area contributed by atoms with Crippen molar-refractivity contribution in [1.29, 1.82) is 0 Å². The maximum atomic E-state index is 2.59. The van der Waals surface area contributed by atoms with Crippen molar-refractivity contribution in [1.82, 2.24) is 0 Å². The number of halogens is 3. The Morgan fingerprint density at radius 3 is 1.31 bits per heavy atom. The van der Waals surface area contributed by atoms with E-state index in [-0.39, 0.29) is 46.0 Å². The Bertz CT molecular complexity index is 1120. The Balaban J connectivity index is 0.00000204. The minimum atomic E-state index is -2.49. The molecule has 3 aromatic carbocycles. The van der Waals surface area contributed by atoms with Crippen molar-refractivity contribution in [2.24, 2.45) is 5.41 Å². The monoisotopic (exact) mass is 574 g/mol. The first-order valence-corrected chi connectivity index (χ1v) is 14.2. The second-order valence-electron chi connectivity index (χ2n) is 10.4. The Morgan fingerprint density at radius 1 is 0.657 bits per heavy atom. The predicted octanol–water partition coefficient (Wildman–Crippen LogP) is -3.12. The van der Waals surface area contributed by atoms with E-state index >= 15 is 0 Å². The molecule has 0 heterocycles. The average molecular weight is 576 g/mol. The summed E-state index contributed by atoms with van der Waals surface area (Å²) in [6, 6.07) is 27.9. The van der Waals surface area contributed by atoms with Gasteiger partial charge in [-0.1, -0.05) is 0 Å². The third-order valence-electron chi connectivity index (χ3n) is 6.75. The summed E-state index contributed by atoms with van der Waals surface area (Å²) in [7, 11) is -2.49. The smallest absolute Gasteiger partial charge is 1.00 e. The summed E-state index contributed by atoms with van der Waals surface area (Å²) >= 11 is 2.47. The minimum Gasteiger partial charge on any atom is -1.00 e. The summed E-state index contributed by atoms with van der Waals surface area (Å²) in [5.41, 5.74) is 5.53. The van der Waals surface area contributed by atoms with Gasteiger partial charge in [0, 0.05) is 0 Å². The Labute approximate surface area is 243 Å². The number of aryl methyl sites for hydroxylation is 3. The second kappa shape index (κ2) is 12.0. The van der Waals surface area contributed by atoms with Crippen molar-refractivity contribution in [3.8, 4) is 0 Å². The molecule has 0 saturated carbocycles. The summed E-state index contributed by atoms with van der Waals surface area (Å²) in [6.45, 7) is 13.6. The van der Waals surface area contributed by atoms with Gasteiger partial charge in [-0.05, 0) is 0 Å². The van der Waals surface area contributed by atoms with Crippen LogP contribution in [-0.2, 0) is 20.4 Å². The molecule has 1 atom stereocenters. The van der Waals surface area contributed by atoms with Gasteiger partial charge >= 0.3 is 208 Å². The van der Waals surface area contributed by atoms with Crippen LogP contribution >= 0.6 is 0 Å². The Kier molecular flexibility index (Phi) is 11.0. The van der Waals surface area contributed by atoms with Crippen LogP contribution in [0.4, 0.5) is 0 Å². The van der Waals surface area contributed by atoms with Gasteiger partial charge < -0.3 is 37.2 Å². The quantitative estimate of drug-likeness (QED) is 0.228. The molecule has 4 rings (SSSR count). The maximum Gasteiger partial charge on any atom is -1.00 e. The van der Waals surface area contributed by atoms with Gasteiger partial charge in [0.15, 0.2) is 0 Å². The molecule has 0 spiro atoms. The van der Waals surface area contributed by atoms with E-state index in [1.165, 1.54) is 37.8 Å². The summed E-state index contributed by atoms with van der Waals surface area (Å²) in [6.07, 6.45) is 7.49. The number of hydrogen-bond acceptors (Lipinski definition) is 0. The molecule has 0 nitrogen and oxygen atoms in total. The van der Waals surface area contributed by atoms with Crippen LogP contribution in [0, 0.1) is 26.2 Å². The number of allylic oxidation sites excluding steroid dienone is 4. The van der Waals surface area contributed by atoms with Gasteiger partial charge in [0.2, 0.25) is 0 Å². The molecule has 0 bridgehead atoms. The van der Waals surface area contributed by atoms with E-state index in [0.29, 0.717) is 0 Å². The van der Waals surface area contributed by atoms with Crippen LogP contribution in [-0.4, -0.2) is 8.07 Å². The van der Waals surface area contributed by atoms with Gasteiger partial charge in [-0.3, -0.25) is 0 Å². The van der Waals surface area contributed by atoms with Crippen molar-refractivity contribution in [2.75, 3.05) is 0 Å². The second-order valence-corrected chi connectivity index (χ2v) is 16.5. The zero-order valence-electron chi connectivity index (χ0n) is 21.3. The molecular weight excluding hydrogens is 543 g/mol. The average Bonchev–Trinajstić information content (AvgIpc) is 3.13. The van der Waals surface area contributed by atoms with E-state index in [1.807, 2.05) is 0 Å². The molecule has 1 unspecified atom stereocenters. The van der Waals surface area contributed by atoms with E-state index in [1.54, 1.807) is 0 Å². The van der Waals surface area contributed by atoms with Crippen molar-refractivity contribution in [3.63, 3.8) is 0 Å². The van der Waals surface area contributed by atoms with Crippen LogP contribution in [0.2, 0.25) is 3.34 Å². The molecule has 0 aromatic heterocycles. The molecule has 1 aliphatic carbocycles. The largest absolute Gasteiger partial charge is 1.00 e. The van der Waals surface area contributed by atoms with E-state index in [0.717, 1.165) is 0 Å². The first-order valence-electron chi connectivity index (χ1n) is 11.5. The predicted molar refractivity (Wildman–Crippen MR) is 138 cm³/mol. The molecule has 0 aliphatic heterocycles. The molecule has 0 N–H and O–H groups in total. The molecule has 0 saturated heterocycles. The fourth-order valence-corrected chi connectivity index (χ4v) is 13.0. The van der Waals surface area contributed by atoms with Crippen molar-refractivity contribution in [2.45, 2.75) is 44.9 Å². The SMILES string of the molecule is Cc1cccc([Si](c2cccc(C)c2)(c2cccc(C)c2)[C]2([Ti+3])C=CC(C(C)(C)C)=C2)c1.[Cl-].[Cl-].[Cl-]. The molecule has 182 valence electrons. The zero-order valence-corrected chi connectivity index (χ0v) is 26.1. The van der Waals surface area contributed by atoms with Crippen molar-refractivity contribution < 1.29 is 57.7 Å². The fraction of sp³-hybridized carbons (Fsp3) is 0.267. The van der Waals surface area contributed by atoms with Crippen LogP contribution < -0.4 is 52.8 Å². The molecule has 0 amide bonds. The van der Waals surface area contributed by atoms with E-state index in [4.69, 9.17) is 0 Å². The molecule has 0 radical (unpaired) electrons. The van der Waals surface area contributed by atoms with Crippen LogP contribution in [0.15, 0.2) is 96.6 Å². The zero-order chi connectivity index (χ0) is 23.1. The van der Waals surface area contributed by atoms with Crippen LogP contribution in [0.3, 0.4) is 0 Å². The third kappa shape index (κ3) is 5.93. The molecule has 0 fully saturated rings. The number of rotatable bonds is 4. The fourth-order valence-electron chi connectivity index (χ4n) is 5.11. The molecule has 3 aromatic rings. The first kappa shape index (κ1) is 32.0. The van der Waals surface area contributed by atoms with Crippen LogP contribution in [0.25, 0.3) is 0 Å². The normalized spacial score (nSPS) is 17.1. The van der Waals surface area contributed by atoms with Crippen molar-refractivity contribution in [3.05, 3.63) is 113 Å². The van der Waals surface area contributed by atoms with E-state index in [2.05, 4.69) is 153 Å². The van der Waals surface area contributed by atoms with Gasteiger partial charge in [0.05, 0.1) is 0 Å². The van der Waals surface area contributed by atoms with E-state index < -0.39 is 8.07 Å². The summed E-state index contributed by atoms with van der Waals surface area (Å²) < 4.78 is -0.0784. The minimum absolute atomic E-state index is 0. The van der Waals surface area contributed by atoms with Crippen LogP contribution in [0.1, 0.15) is 37.5 Å². The van der Waals surface area contributed by atoms with Gasteiger partial charge in [-0.15, -0.1) is 0 Å². The van der Waals surface area contributed by atoms with Gasteiger partial charge in [0.25, 0.3) is 0 Å². The maximum absolute atomic E-state index is 2.59. The van der Waals surface area contributed by atoms with Crippen LogP contribution in [0.5, 0.6) is 0 Å². The summed E-state index contributed by atoms with van der Waals surface area (Å²) in [5, 5.41) is 4.44. The van der Waals surface area contributed by atoms with Crippen molar-refractivity contribution >= 4 is 23.6 Å². The number of benzene rings is 3. The third-order valence-corrected chi connectivity index (χ3v) is 14.1. The molecule has 5 heteroatoms. The summed E-state index contributed by atoms with van der Waals surface area (Å²) in [4.78, 5) is 0. The Morgan fingerprint density at radius 2 is 1.03 bits per heavy atom. The standard InChI is InChI=1S/C30H33Si.3ClH.Ti/c1-22-10-7-13-26(18-22)31(27-14-8-11-23(2)19-27,28-15-9-12-24(3)20-28)29-17-16-25(21-29)30(4,5)6;;;;/h7-21H,1-6H3;3*1H;/q;;;;+3/p-3. The van der Waals surface area contributed by atoms with Gasteiger partial charge in [0.1, 0.15) is 0 Å². The molecule has 35 heavy (non-hydrogen) atoms. The topological polar surface area (TPSA) is 0 Å². The van der Waals surface area contributed by atoms with Gasteiger partial charge in [-0.25, -0.2) is 0 Å². The molecule has 1 aliphatic rings. The van der Waals surface area contributed by atoms with E-state index in [9.17, 15) is 0 Å². The number of hydrogen-bond donors (Lipinski definition) is 0. The molecular formula is C30H33Cl3SiTi. The van der Waals surface area contributed by atoms with Gasteiger partial charge in [-0.2, -0.15) is 0 Å². The Hall–Kier alpha value is -1.06. The summed E-state index contributed by atoms with van der Waals surface area (Å²) in [5.74, 6) is 0.